The highest BCUT2D eigenvalue weighted by molar-refractivity contribution is 5.42. The first-order chi connectivity index (χ1) is 9.51. The van der Waals surface area contributed by atoms with E-state index in [2.05, 4.69) is 58.0 Å². The summed E-state index contributed by atoms with van der Waals surface area (Å²) in [4.78, 5) is 0. The maximum Gasteiger partial charge on any atom is 0.123 e. The number of hydrogen-bond donors (Lipinski definition) is 0. The van der Waals surface area contributed by atoms with Crippen LogP contribution in [0.15, 0.2) is 54.6 Å². The predicted molar refractivity (Wildman–Crippen MR) is 84.8 cm³/mol. The molecule has 0 heterocycles. The molecular formula is C19H23O. The minimum atomic E-state index is 0.0211. The lowest BCUT2D eigenvalue weighted by atomic mass is 9.75. The number of benzene rings is 2. The Morgan fingerprint density at radius 3 is 2.15 bits per heavy atom. The second-order valence-electron chi connectivity index (χ2n) is 5.90. The molecule has 0 aliphatic carbocycles. The highest BCUT2D eigenvalue weighted by atomic mass is 16.5. The first-order valence-corrected chi connectivity index (χ1v) is 7.08. The molecule has 1 radical (unpaired) electrons. The van der Waals surface area contributed by atoms with Gasteiger partial charge < -0.3 is 4.74 Å². The standard InChI is InChI=1S/C19H23O/c1-15(2)19(3,4)17-12-8-9-13-18(17)20-14-16-10-6-5-7-11-16/h5-13H,14H2,1-4H3. The van der Waals surface area contributed by atoms with Gasteiger partial charge in [0.1, 0.15) is 12.4 Å². The van der Waals surface area contributed by atoms with Gasteiger partial charge in [0.15, 0.2) is 0 Å². The number of rotatable bonds is 5. The van der Waals surface area contributed by atoms with Gasteiger partial charge in [0.2, 0.25) is 0 Å². The van der Waals surface area contributed by atoms with Crippen molar-refractivity contribution >= 4 is 0 Å². The highest BCUT2D eigenvalue weighted by Gasteiger charge is 2.28. The lowest BCUT2D eigenvalue weighted by Gasteiger charge is -2.31. The van der Waals surface area contributed by atoms with E-state index in [1.54, 1.807) is 0 Å². The molecule has 0 atom stereocenters. The first-order valence-electron chi connectivity index (χ1n) is 7.08. The minimum Gasteiger partial charge on any atom is -0.489 e. The van der Waals surface area contributed by atoms with Gasteiger partial charge in [-0.25, -0.2) is 0 Å². The van der Waals surface area contributed by atoms with Crippen molar-refractivity contribution in [1.29, 1.82) is 0 Å². The predicted octanol–water partition coefficient (Wildman–Crippen LogP) is 5.16. The average molecular weight is 267 g/mol. The van der Waals surface area contributed by atoms with Crippen molar-refractivity contribution in [1.82, 2.24) is 0 Å². The Hall–Kier alpha value is -1.76. The van der Waals surface area contributed by atoms with Crippen molar-refractivity contribution in [2.24, 2.45) is 0 Å². The lowest BCUT2D eigenvalue weighted by molar-refractivity contribution is 0.297. The van der Waals surface area contributed by atoms with Crippen molar-refractivity contribution in [2.45, 2.75) is 39.7 Å². The van der Waals surface area contributed by atoms with Gasteiger partial charge in [-0.15, -0.1) is 0 Å². The van der Waals surface area contributed by atoms with Crippen molar-refractivity contribution in [2.75, 3.05) is 0 Å². The van der Waals surface area contributed by atoms with E-state index in [1.807, 2.05) is 24.3 Å². The molecule has 0 fully saturated rings. The molecule has 0 aromatic heterocycles. The van der Waals surface area contributed by atoms with Crippen LogP contribution in [0, 0.1) is 5.92 Å². The fourth-order valence-corrected chi connectivity index (χ4v) is 2.11. The van der Waals surface area contributed by atoms with Gasteiger partial charge in [0.25, 0.3) is 0 Å². The Kier molecular flexibility index (Phi) is 4.49. The second kappa shape index (κ2) is 6.13. The molecule has 0 amide bonds. The Morgan fingerprint density at radius 2 is 1.50 bits per heavy atom. The molecule has 0 N–H and O–H groups in total. The van der Waals surface area contributed by atoms with Gasteiger partial charge >= 0.3 is 0 Å². The summed E-state index contributed by atoms with van der Waals surface area (Å²) >= 11 is 0. The molecular weight excluding hydrogens is 244 g/mol. The van der Waals surface area contributed by atoms with E-state index in [4.69, 9.17) is 4.74 Å². The van der Waals surface area contributed by atoms with Gasteiger partial charge in [-0.05, 0) is 23.0 Å². The van der Waals surface area contributed by atoms with Gasteiger partial charge in [0, 0.05) is 5.56 Å². The van der Waals surface area contributed by atoms with Crippen molar-refractivity contribution in [3.8, 4) is 5.75 Å². The largest absolute Gasteiger partial charge is 0.489 e. The Morgan fingerprint density at radius 1 is 0.900 bits per heavy atom. The molecule has 1 heteroatoms. The first kappa shape index (κ1) is 14.6. The van der Waals surface area contributed by atoms with Crippen LogP contribution in [0.4, 0.5) is 0 Å². The zero-order chi connectivity index (χ0) is 14.6. The average Bonchev–Trinajstić information content (AvgIpc) is 2.46. The van der Waals surface area contributed by atoms with Crippen molar-refractivity contribution < 1.29 is 4.74 Å². The maximum atomic E-state index is 6.05. The van der Waals surface area contributed by atoms with Crippen molar-refractivity contribution in [3.05, 3.63) is 71.6 Å². The van der Waals surface area contributed by atoms with E-state index in [1.165, 1.54) is 17.0 Å². The molecule has 0 unspecified atom stereocenters. The third-order valence-corrected chi connectivity index (χ3v) is 4.05. The van der Waals surface area contributed by atoms with Crippen LogP contribution in [0.2, 0.25) is 0 Å². The fraction of sp³-hybridized carbons (Fsp3) is 0.316. The van der Waals surface area contributed by atoms with Crippen LogP contribution in [-0.2, 0) is 12.0 Å². The van der Waals surface area contributed by atoms with Crippen LogP contribution in [-0.4, -0.2) is 0 Å². The van der Waals surface area contributed by atoms with E-state index in [9.17, 15) is 0 Å². The Labute approximate surface area is 122 Å². The summed E-state index contributed by atoms with van der Waals surface area (Å²) in [5.74, 6) is 2.36. The monoisotopic (exact) mass is 267 g/mol. The molecule has 2 rings (SSSR count). The molecule has 0 aliphatic rings. The van der Waals surface area contributed by atoms with E-state index >= 15 is 0 Å². The molecule has 2 aromatic carbocycles. The van der Waals surface area contributed by atoms with E-state index in [0.29, 0.717) is 6.61 Å². The quantitative estimate of drug-likeness (QED) is 0.727. The number of hydrogen-bond acceptors (Lipinski definition) is 1. The van der Waals surface area contributed by atoms with Crippen molar-refractivity contribution in [3.63, 3.8) is 0 Å². The third-order valence-electron chi connectivity index (χ3n) is 4.05. The summed E-state index contributed by atoms with van der Waals surface area (Å²) in [5.41, 5.74) is 2.46. The summed E-state index contributed by atoms with van der Waals surface area (Å²) in [6.45, 7) is 9.44. The molecule has 0 aliphatic heterocycles. The van der Waals surface area contributed by atoms with Gasteiger partial charge in [-0.2, -0.15) is 0 Å². The molecule has 0 saturated heterocycles. The normalized spacial score (nSPS) is 11.7. The summed E-state index contributed by atoms with van der Waals surface area (Å²) in [6.07, 6.45) is 0. The van der Waals surface area contributed by atoms with Gasteiger partial charge in [0.05, 0.1) is 0 Å². The van der Waals surface area contributed by atoms with Gasteiger partial charge in [-0.1, -0.05) is 76.2 Å². The van der Waals surface area contributed by atoms with E-state index in [-0.39, 0.29) is 5.41 Å². The molecule has 0 spiro atoms. The third kappa shape index (κ3) is 3.22. The van der Waals surface area contributed by atoms with Crippen LogP contribution in [0.5, 0.6) is 5.75 Å². The second-order valence-corrected chi connectivity index (χ2v) is 5.90. The molecule has 20 heavy (non-hydrogen) atoms. The zero-order valence-electron chi connectivity index (χ0n) is 12.8. The molecule has 0 bridgehead atoms. The highest BCUT2D eigenvalue weighted by Crippen LogP contribution is 2.38. The minimum absolute atomic E-state index is 0.0211. The summed E-state index contributed by atoms with van der Waals surface area (Å²) < 4.78 is 6.05. The van der Waals surface area contributed by atoms with Crippen LogP contribution < -0.4 is 4.74 Å². The van der Waals surface area contributed by atoms with E-state index < -0.39 is 0 Å². The molecule has 1 nitrogen and oxygen atoms in total. The molecule has 2 aromatic rings. The smallest absolute Gasteiger partial charge is 0.123 e. The number of para-hydroxylation sites is 1. The van der Waals surface area contributed by atoms with E-state index in [0.717, 1.165) is 5.75 Å². The van der Waals surface area contributed by atoms with Crippen LogP contribution in [0.3, 0.4) is 0 Å². The van der Waals surface area contributed by atoms with Crippen LogP contribution >= 0.6 is 0 Å². The molecule has 105 valence electrons. The van der Waals surface area contributed by atoms with Crippen LogP contribution in [0.25, 0.3) is 0 Å². The summed E-state index contributed by atoms with van der Waals surface area (Å²) in [5, 5.41) is 0. The van der Waals surface area contributed by atoms with Crippen LogP contribution in [0.1, 0.15) is 38.8 Å². The maximum absolute atomic E-state index is 6.05. The molecule has 0 saturated carbocycles. The topological polar surface area (TPSA) is 9.23 Å². The Balaban J connectivity index is 2.21. The lowest BCUT2D eigenvalue weighted by Crippen LogP contribution is -2.23. The summed E-state index contributed by atoms with van der Waals surface area (Å²) in [7, 11) is 0. The zero-order valence-corrected chi connectivity index (χ0v) is 12.8. The Bertz CT molecular complexity index is 541. The number of ether oxygens (including phenoxy) is 1. The SMILES string of the molecule is C[C](C)C(C)(C)c1ccccc1OCc1ccccc1. The summed E-state index contributed by atoms with van der Waals surface area (Å²) in [6, 6.07) is 18.6. The van der Waals surface area contributed by atoms with Gasteiger partial charge in [-0.3, -0.25) is 0 Å². The fourth-order valence-electron chi connectivity index (χ4n) is 2.11.